The molecule has 0 saturated heterocycles. The van der Waals surface area contributed by atoms with Gasteiger partial charge in [-0.3, -0.25) is 4.79 Å². The second-order valence-corrected chi connectivity index (χ2v) is 4.33. The van der Waals surface area contributed by atoms with Gasteiger partial charge in [-0.2, -0.15) is 0 Å². The van der Waals surface area contributed by atoms with Crippen molar-refractivity contribution in [3.05, 3.63) is 40.6 Å². The first-order valence-electron chi connectivity index (χ1n) is 5.10. The predicted molar refractivity (Wildman–Crippen MR) is 70.2 cm³/mol. The van der Waals surface area contributed by atoms with Crippen molar-refractivity contribution in [1.82, 2.24) is 20.3 Å². The molecule has 1 aromatic carbocycles. The molecule has 1 amide bonds. The third kappa shape index (κ3) is 2.76. The number of benzene rings is 1. The lowest BCUT2D eigenvalue weighted by Crippen LogP contribution is -2.23. The van der Waals surface area contributed by atoms with Crippen LogP contribution in [0, 0.1) is 12.3 Å². The normalized spacial score (nSPS) is 9.78. The Morgan fingerprint density at radius 1 is 1.56 bits per heavy atom. The topological polar surface area (TPSA) is 59.8 Å². The largest absolute Gasteiger partial charge is 0.340 e. The van der Waals surface area contributed by atoms with Gasteiger partial charge in [-0.05, 0) is 18.2 Å². The first kappa shape index (κ1) is 12.3. The molecule has 0 bridgehead atoms. The Balaban J connectivity index is 2.21. The molecule has 0 aliphatic rings. The predicted octanol–water partition coefficient (Wildman–Crippen LogP) is 1.39. The Labute approximate surface area is 112 Å². The number of nitrogens with zero attached hydrogens (tertiary/aromatic N) is 3. The SMILES string of the molecule is C#CCNC(=O)c1cn(-c2cccc(Br)c2)nn1. The maximum Gasteiger partial charge on any atom is 0.274 e. The van der Waals surface area contributed by atoms with Crippen LogP contribution in [0.4, 0.5) is 0 Å². The molecule has 90 valence electrons. The Kier molecular flexibility index (Phi) is 3.75. The molecular formula is C12H9BrN4O. The maximum atomic E-state index is 11.6. The molecular weight excluding hydrogens is 296 g/mol. The first-order valence-corrected chi connectivity index (χ1v) is 5.90. The Bertz CT molecular complexity index is 615. The van der Waals surface area contributed by atoms with Gasteiger partial charge in [0, 0.05) is 4.47 Å². The van der Waals surface area contributed by atoms with E-state index in [1.807, 2.05) is 24.3 Å². The van der Waals surface area contributed by atoms with Crippen molar-refractivity contribution in [2.24, 2.45) is 0 Å². The highest BCUT2D eigenvalue weighted by Gasteiger charge is 2.10. The van der Waals surface area contributed by atoms with Crippen LogP contribution in [0.15, 0.2) is 34.9 Å². The zero-order valence-corrected chi connectivity index (χ0v) is 10.9. The molecule has 0 radical (unpaired) electrons. The molecule has 2 aromatic rings. The smallest absolute Gasteiger partial charge is 0.274 e. The van der Waals surface area contributed by atoms with Crippen molar-refractivity contribution in [2.45, 2.75) is 0 Å². The number of hydrogen-bond donors (Lipinski definition) is 1. The summed E-state index contributed by atoms with van der Waals surface area (Å²) in [6.07, 6.45) is 6.61. The van der Waals surface area contributed by atoms with E-state index in [1.54, 1.807) is 6.20 Å². The third-order valence-corrected chi connectivity index (χ3v) is 2.64. The summed E-state index contributed by atoms with van der Waals surface area (Å²) < 4.78 is 2.45. The standard InChI is InChI=1S/C12H9BrN4O/c1-2-6-14-12(18)11-8-17(16-15-11)10-5-3-4-9(13)7-10/h1,3-5,7-8H,6H2,(H,14,18). The van der Waals surface area contributed by atoms with Gasteiger partial charge in [0.1, 0.15) is 0 Å². The van der Waals surface area contributed by atoms with Gasteiger partial charge in [0.25, 0.3) is 5.91 Å². The number of aromatic nitrogens is 3. The molecule has 0 spiro atoms. The Morgan fingerprint density at radius 2 is 2.39 bits per heavy atom. The molecule has 1 heterocycles. The van der Waals surface area contributed by atoms with Crippen LogP contribution in [0.5, 0.6) is 0 Å². The van der Waals surface area contributed by atoms with E-state index in [0.717, 1.165) is 10.2 Å². The highest BCUT2D eigenvalue weighted by Crippen LogP contribution is 2.14. The zero-order chi connectivity index (χ0) is 13.0. The van der Waals surface area contributed by atoms with Crippen molar-refractivity contribution in [2.75, 3.05) is 6.54 Å². The molecule has 0 fully saturated rings. The number of terminal acetylenes is 1. The number of carbonyl (C=O) groups is 1. The van der Waals surface area contributed by atoms with Gasteiger partial charge >= 0.3 is 0 Å². The van der Waals surface area contributed by atoms with Gasteiger partial charge in [0.2, 0.25) is 0 Å². The van der Waals surface area contributed by atoms with Crippen LogP contribution in [-0.4, -0.2) is 27.4 Å². The summed E-state index contributed by atoms with van der Waals surface area (Å²) in [5.74, 6) is 1.98. The zero-order valence-electron chi connectivity index (χ0n) is 9.30. The lowest BCUT2D eigenvalue weighted by Gasteiger charge is -1.99. The summed E-state index contributed by atoms with van der Waals surface area (Å²) in [7, 11) is 0. The number of halogens is 1. The molecule has 0 aliphatic heterocycles. The van der Waals surface area contributed by atoms with Crippen molar-refractivity contribution in [1.29, 1.82) is 0 Å². The summed E-state index contributed by atoms with van der Waals surface area (Å²) in [5.41, 5.74) is 1.04. The molecule has 1 N–H and O–H groups in total. The average Bonchev–Trinajstić information content (AvgIpc) is 2.85. The molecule has 2 rings (SSSR count). The monoisotopic (exact) mass is 304 g/mol. The average molecular weight is 305 g/mol. The highest BCUT2D eigenvalue weighted by atomic mass is 79.9. The summed E-state index contributed by atoms with van der Waals surface area (Å²) in [6.45, 7) is 0.169. The summed E-state index contributed by atoms with van der Waals surface area (Å²) in [6, 6.07) is 7.51. The first-order chi connectivity index (χ1) is 8.70. The van der Waals surface area contributed by atoms with E-state index in [0.29, 0.717) is 0 Å². The fraction of sp³-hybridized carbons (Fsp3) is 0.0833. The van der Waals surface area contributed by atoms with Crippen LogP contribution < -0.4 is 5.32 Å². The summed E-state index contributed by atoms with van der Waals surface area (Å²) in [4.78, 5) is 11.6. The van der Waals surface area contributed by atoms with Crippen LogP contribution >= 0.6 is 15.9 Å². The van der Waals surface area contributed by atoms with Gasteiger partial charge in [0.05, 0.1) is 18.4 Å². The van der Waals surface area contributed by atoms with Gasteiger partial charge < -0.3 is 5.32 Å². The molecule has 18 heavy (non-hydrogen) atoms. The maximum absolute atomic E-state index is 11.6. The van der Waals surface area contributed by atoms with Gasteiger partial charge in [0.15, 0.2) is 5.69 Å². The molecule has 6 heteroatoms. The fourth-order valence-corrected chi connectivity index (χ4v) is 1.72. The van der Waals surface area contributed by atoms with Crippen LogP contribution in [0.25, 0.3) is 5.69 Å². The number of carbonyl (C=O) groups excluding carboxylic acids is 1. The van der Waals surface area contributed by atoms with Crippen molar-refractivity contribution in [3.8, 4) is 18.0 Å². The van der Waals surface area contributed by atoms with Crippen molar-refractivity contribution < 1.29 is 4.79 Å². The number of amides is 1. The number of nitrogens with one attached hydrogen (secondary N) is 1. The highest BCUT2D eigenvalue weighted by molar-refractivity contribution is 9.10. The van der Waals surface area contributed by atoms with E-state index in [4.69, 9.17) is 6.42 Å². The van der Waals surface area contributed by atoms with E-state index in [1.165, 1.54) is 4.68 Å². The number of rotatable bonds is 3. The van der Waals surface area contributed by atoms with E-state index in [9.17, 15) is 4.79 Å². The molecule has 5 nitrogen and oxygen atoms in total. The minimum absolute atomic E-state index is 0.169. The fourth-order valence-electron chi connectivity index (χ4n) is 1.33. The third-order valence-electron chi connectivity index (χ3n) is 2.15. The summed E-state index contributed by atoms with van der Waals surface area (Å²) >= 11 is 3.37. The van der Waals surface area contributed by atoms with Crippen LogP contribution in [-0.2, 0) is 0 Å². The second-order valence-electron chi connectivity index (χ2n) is 3.42. The molecule has 1 aromatic heterocycles. The van der Waals surface area contributed by atoms with Crippen LogP contribution in [0.3, 0.4) is 0 Å². The molecule has 0 saturated carbocycles. The lowest BCUT2D eigenvalue weighted by atomic mass is 10.3. The van der Waals surface area contributed by atoms with E-state index < -0.39 is 0 Å². The van der Waals surface area contributed by atoms with E-state index >= 15 is 0 Å². The Hall–Kier alpha value is -2.13. The second kappa shape index (κ2) is 5.47. The lowest BCUT2D eigenvalue weighted by molar-refractivity contribution is 0.0953. The number of hydrogen-bond acceptors (Lipinski definition) is 3. The molecule has 0 aliphatic carbocycles. The van der Waals surface area contributed by atoms with Crippen molar-refractivity contribution >= 4 is 21.8 Å². The van der Waals surface area contributed by atoms with Crippen LogP contribution in [0.2, 0.25) is 0 Å². The Morgan fingerprint density at radius 3 is 3.11 bits per heavy atom. The quantitative estimate of drug-likeness (QED) is 0.872. The minimum atomic E-state index is -0.339. The summed E-state index contributed by atoms with van der Waals surface area (Å²) in [5, 5.41) is 10.2. The van der Waals surface area contributed by atoms with E-state index in [-0.39, 0.29) is 18.1 Å². The van der Waals surface area contributed by atoms with Gasteiger partial charge in [-0.1, -0.05) is 33.1 Å². The van der Waals surface area contributed by atoms with Gasteiger partial charge in [-0.25, -0.2) is 4.68 Å². The van der Waals surface area contributed by atoms with Crippen LogP contribution in [0.1, 0.15) is 10.5 Å². The van der Waals surface area contributed by atoms with E-state index in [2.05, 4.69) is 37.5 Å². The molecule has 0 unspecified atom stereocenters. The van der Waals surface area contributed by atoms with Crippen molar-refractivity contribution in [3.63, 3.8) is 0 Å². The molecule has 0 atom stereocenters. The van der Waals surface area contributed by atoms with Gasteiger partial charge in [-0.15, -0.1) is 11.5 Å². The minimum Gasteiger partial charge on any atom is -0.340 e.